The van der Waals surface area contributed by atoms with Gasteiger partial charge in [0.2, 0.25) is 0 Å². The lowest BCUT2D eigenvalue weighted by Gasteiger charge is -2.11. The quantitative estimate of drug-likeness (QED) is 0.401. The van der Waals surface area contributed by atoms with Crippen LogP contribution in [0.3, 0.4) is 0 Å². The summed E-state index contributed by atoms with van der Waals surface area (Å²) in [7, 11) is 3.04. The number of rotatable bonds is 8. The lowest BCUT2D eigenvalue weighted by molar-refractivity contribution is -0.131. The van der Waals surface area contributed by atoms with Gasteiger partial charge in [-0.05, 0) is 54.1 Å². The normalized spacial score (nSPS) is 10.2. The Labute approximate surface area is 191 Å². The van der Waals surface area contributed by atoms with Crippen LogP contribution in [0.25, 0.3) is 0 Å². The second kappa shape index (κ2) is 10.8. The molecule has 0 saturated heterocycles. The number of carbonyl (C=O) groups excluding carboxylic acids is 3. The highest BCUT2D eigenvalue weighted by Gasteiger charge is 2.11. The van der Waals surface area contributed by atoms with Crippen LogP contribution in [0.15, 0.2) is 66.7 Å². The largest absolute Gasteiger partial charge is 0.493 e. The summed E-state index contributed by atoms with van der Waals surface area (Å²) in [5, 5.41) is 5.64. The Morgan fingerprint density at radius 3 is 2.15 bits per heavy atom. The van der Waals surface area contributed by atoms with Crippen molar-refractivity contribution < 1.29 is 28.6 Å². The van der Waals surface area contributed by atoms with E-state index in [1.807, 2.05) is 0 Å². The third kappa shape index (κ3) is 6.33. The molecule has 0 saturated carbocycles. The van der Waals surface area contributed by atoms with Crippen molar-refractivity contribution >= 4 is 23.5 Å². The Hall–Kier alpha value is -4.33. The fourth-order valence-electron chi connectivity index (χ4n) is 3.04. The zero-order valence-electron chi connectivity index (χ0n) is 18.5. The molecular weight excluding hydrogens is 424 g/mol. The van der Waals surface area contributed by atoms with E-state index in [1.54, 1.807) is 60.7 Å². The minimum absolute atomic E-state index is 0.249. The zero-order chi connectivity index (χ0) is 23.8. The summed E-state index contributed by atoms with van der Waals surface area (Å²) >= 11 is 0. The summed E-state index contributed by atoms with van der Waals surface area (Å²) in [4.78, 5) is 36.0. The van der Waals surface area contributed by atoms with Gasteiger partial charge in [0, 0.05) is 30.3 Å². The van der Waals surface area contributed by atoms with E-state index >= 15 is 0 Å². The molecule has 2 amide bonds. The summed E-state index contributed by atoms with van der Waals surface area (Å²) in [6.07, 6.45) is 0. The first-order valence-electron chi connectivity index (χ1n) is 10.1. The molecule has 0 aliphatic rings. The number of esters is 1. The van der Waals surface area contributed by atoms with E-state index in [2.05, 4.69) is 10.6 Å². The van der Waals surface area contributed by atoms with Crippen molar-refractivity contribution in [3.8, 4) is 17.2 Å². The van der Waals surface area contributed by atoms with Crippen LogP contribution in [0.5, 0.6) is 17.2 Å². The average Bonchev–Trinajstić information content (AvgIpc) is 2.82. The highest BCUT2D eigenvalue weighted by molar-refractivity contribution is 6.04. The van der Waals surface area contributed by atoms with Gasteiger partial charge in [-0.1, -0.05) is 18.2 Å². The number of carbonyl (C=O) groups is 3. The van der Waals surface area contributed by atoms with Crippen molar-refractivity contribution in [2.24, 2.45) is 0 Å². The van der Waals surface area contributed by atoms with Gasteiger partial charge in [0.25, 0.3) is 11.8 Å². The second-order valence-corrected chi connectivity index (χ2v) is 7.02. The molecule has 0 radical (unpaired) electrons. The Morgan fingerprint density at radius 1 is 0.788 bits per heavy atom. The lowest BCUT2D eigenvalue weighted by Crippen LogP contribution is -2.22. The molecule has 8 heteroatoms. The first-order chi connectivity index (χ1) is 15.9. The van der Waals surface area contributed by atoms with E-state index in [4.69, 9.17) is 14.2 Å². The van der Waals surface area contributed by atoms with Crippen LogP contribution in [-0.4, -0.2) is 32.0 Å². The van der Waals surface area contributed by atoms with E-state index in [1.165, 1.54) is 27.2 Å². The maximum Gasteiger partial charge on any atom is 0.308 e. The molecule has 8 nitrogen and oxygen atoms in total. The maximum absolute atomic E-state index is 12.5. The topological polar surface area (TPSA) is 103 Å². The molecule has 0 spiro atoms. The van der Waals surface area contributed by atoms with Crippen LogP contribution in [-0.2, 0) is 11.3 Å². The predicted octanol–water partition coefficient (Wildman–Crippen LogP) is 3.81. The molecule has 3 aromatic rings. The molecule has 0 aromatic heterocycles. The molecule has 0 bridgehead atoms. The van der Waals surface area contributed by atoms with Crippen LogP contribution < -0.4 is 24.8 Å². The van der Waals surface area contributed by atoms with Gasteiger partial charge in [0.1, 0.15) is 5.75 Å². The highest BCUT2D eigenvalue weighted by Crippen LogP contribution is 2.27. The Bertz CT molecular complexity index is 1160. The maximum atomic E-state index is 12.5. The van der Waals surface area contributed by atoms with Crippen molar-refractivity contribution in [2.45, 2.75) is 13.5 Å². The van der Waals surface area contributed by atoms with Gasteiger partial charge in [-0.15, -0.1) is 0 Å². The summed E-state index contributed by atoms with van der Waals surface area (Å²) in [6, 6.07) is 18.4. The average molecular weight is 448 g/mol. The molecule has 0 unspecified atom stereocenters. The standard InChI is InChI=1S/C25H24N2O6/c1-16(28)33-21-6-4-5-18(13-21)25(30)27-20-10-7-17(8-11-20)15-26-24(29)19-9-12-22(31-2)23(14-19)32-3/h4-14H,15H2,1-3H3,(H,26,29)(H,27,30). The van der Waals surface area contributed by atoms with Gasteiger partial charge in [0.15, 0.2) is 11.5 Å². The van der Waals surface area contributed by atoms with Crippen molar-refractivity contribution in [3.05, 3.63) is 83.4 Å². The van der Waals surface area contributed by atoms with Gasteiger partial charge < -0.3 is 24.8 Å². The van der Waals surface area contributed by atoms with Gasteiger partial charge in [-0.25, -0.2) is 0 Å². The molecule has 3 rings (SSSR count). The van der Waals surface area contributed by atoms with E-state index in [0.717, 1.165) is 5.56 Å². The Balaban J connectivity index is 1.58. The van der Waals surface area contributed by atoms with Crippen LogP contribution in [0, 0.1) is 0 Å². The first kappa shape index (κ1) is 23.3. The smallest absolute Gasteiger partial charge is 0.308 e. The number of methoxy groups -OCH3 is 2. The van der Waals surface area contributed by atoms with Crippen molar-refractivity contribution in [2.75, 3.05) is 19.5 Å². The lowest BCUT2D eigenvalue weighted by atomic mass is 10.1. The fraction of sp³-hybridized carbons (Fsp3) is 0.160. The molecule has 0 atom stereocenters. The fourth-order valence-corrected chi connectivity index (χ4v) is 3.04. The summed E-state index contributed by atoms with van der Waals surface area (Å²) in [5.41, 5.74) is 2.26. The third-order valence-corrected chi connectivity index (χ3v) is 4.67. The van der Waals surface area contributed by atoms with Gasteiger partial charge in [0.05, 0.1) is 14.2 Å². The highest BCUT2D eigenvalue weighted by atomic mass is 16.5. The SMILES string of the molecule is COc1ccc(C(=O)NCc2ccc(NC(=O)c3cccc(OC(C)=O)c3)cc2)cc1OC. The van der Waals surface area contributed by atoms with Crippen LogP contribution in [0.2, 0.25) is 0 Å². The molecule has 0 fully saturated rings. The molecule has 2 N–H and O–H groups in total. The zero-order valence-corrected chi connectivity index (χ0v) is 18.5. The van der Waals surface area contributed by atoms with Crippen LogP contribution >= 0.6 is 0 Å². The molecule has 0 aliphatic carbocycles. The molecule has 0 aliphatic heterocycles. The molecule has 0 heterocycles. The number of benzene rings is 3. The number of nitrogens with one attached hydrogen (secondary N) is 2. The minimum Gasteiger partial charge on any atom is -0.493 e. The van der Waals surface area contributed by atoms with E-state index in [-0.39, 0.29) is 11.8 Å². The second-order valence-electron chi connectivity index (χ2n) is 7.02. The van der Waals surface area contributed by atoms with Crippen molar-refractivity contribution in [1.82, 2.24) is 5.32 Å². The Morgan fingerprint density at radius 2 is 1.48 bits per heavy atom. The number of anilines is 1. The van der Waals surface area contributed by atoms with E-state index in [0.29, 0.717) is 40.6 Å². The van der Waals surface area contributed by atoms with Gasteiger partial charge in [-0.3, -0.25) is 14.4 Å². The monoisotopic (exact) mass is 448 g/mol. The molecule has 170 valence electrons. The predicted molar refractivity (Wildman–Crippen MR) is 123 cm³/mol. The number of hydrogen-bond acceptors (Lipinski definition) is 6. The van der Waals surface area contributed by atoms with Crippen LogP contribution in [0.1, 0.15) is 33.2 Å². The van der Waals surface area contributed by atoms with Gasteiger partial charge >= 0.3 is 5.97 Å². The molecule has 3 aromatic carbocycles. The number of amides is 2. The summed E-state index contributed by atoms with van der Waals surface area (Å²) < 4.78 is 15.4. The summed E-state index contributed by atoms with van der Waals surface area (Å²) in [6.45, 7) is 1.61. The molecule has 33 heavy (non-hydrogen) atoms. The minimum atomic E-state index is -0.457. The van der Waals surface area contributed by atoms with E-state index in [9.17, 15) is 14.4 Å². The molecular formula is C25H24N2O6. The van der Waals surface area contributed by atoms with Gasteiger partial charge in [-0.2, -0.15) is 0 Å². The summed E-state index contributed by atoms with van der Waals surface area (Å²) in [5.74, 6) is 0.282. The number of hydrogen-bond donors (Lipinski definition) is 2. The Kier molecular flexibility index (Phi) is 7.64. The number of ether oxygens (including phenoxy) is 3. The van der Waals surface area contributed by atoms with Crippen LogP contribution in [0.4, 0.5) is 5.69 Å². The van der Waals surface area contributed by atoms with E-state index < -0.39 is 5.97 Å². The third-order valence-electron chi connectivity index (χ3n) is 4.67. The van der Waals surface area contributed by atoms with Crippen molar-refractivity contribution in [3.63, 3.8) is 0 Å². The van der Waals surface area contributed by atoms with Crippen molar-refractivity contribution in [1.29, 1.82) is 0 Å². The first-order valence-corrected chi connectivity index (χ1v) is 10.1.